The zero-order valence-electron chi connectivity index (χ0n) is 13.4. The maximum atomic E-state index is 12.1. The van der Waals surface area contributed by atoms with Gasteiger partial charge >= 0.3 is 0 Å². The molecule has 1 amide bonds. The summed E-state index contributed by atoms with van der Waals surface area (Å²) < 4.78 is 0. The number of nitrogens with zero attached hydrogens (tertiary/aromatic N) is 1. The summed E-state index contributed by atoms with van der Waals surface area (Å²) in [6.45, 7) is 4.92. The molecule has 0 atom stereocenters. The van der Waals surface area contributed by atoms with Crippen molar-refractivity contribution in [3.63, 3.8) is 0 Å². The number of thiazole rings is 1. The number of hydrogen-bond donors (Lipinski definition) is 2. The Morgan fingerprint density at radius 3 is 2.96 bits per heavy atom. The number of aromatic amines is 1. The summed E-state index contributed by atoms with van der Waals surface area (Å²) in [5.41, 5.74) is 3.17. The first kappa shape index (κ1) is 15.7. The third kappa shape index (κ3) is 3.79. The molecule has 0 aliphatic carbocycles. The Labute approximate surface area is 140 Å². The first-order valence-electron chi connectivity index (χ1n) is 7.89. The van der Waals surface area contributed by atoms with Crippen molar-refractivity contribution in [3.05, 3.63) is 52.1 Å². The van der Waals surface area contributed by atoms with Crippen LogP contribution in [-0.4, -0.2) is 22.4 Å². The van der Waals surface area contributed by atoms with E-state index in [2.05, 4.69) is 34.5 Å². The second-order valence-electron chi connectivity index (χ2n) is 5.97. The standard InChI is InChI=1S/C18H21N3OS/c1-12(2)18-21-14(11-23-18)7-8-19-17(22)9-13-10-20-16-6-4-3-5-15(13)16/h3-6,10-12,20H,7-9H2,1-2H3,(H,19,22). The van der Waals surface area contributed by atoms with Crippen LogP contribution in [0.15, 0.2) is 35.8 Å². The third-order valence-electron chi connectivity index (χ3n) is 3.79. The number of H-pyrrole nitrogens is 1. The number of carbonyl (C=O) groups excluding carboxylic acids is 1. The highest BCUT2D eigenvalue weighted by Gasteiger charge is 2.09. The van der Waals surface area contributed by atoms with E-state index in [0.29, 0.717) is 18.9 Å². The molecule has 0 bridgehead atoms. The van der Waals surface area contributed by atoms with Gasteiger partial charge in [-0.15, -0.1) is 11.3 Å². The summed E-state index contributed by atoms with van der Waals surface area (Å²) in [7, 11) is 0. The van der Waals surface area contributed by atoms with Crippen LogP contribution in [0.2, 0.25) is 0 Å². The van der Waals surface area contributed by atoms with Gasteiger partial charge in [0.1, 0.15) is 0 Å². The molecule has 0 radical (unpaired) electrons. The minimum absolute atomic E-state index is 0.0501. The van der Waals surface area contributed by atoms with Crippen LogP contribution in [0.4, 0.5) is 0 Å². The van der Waals surface area contributed by atoms with Gasteiger partial charge in [0.05, 0.1) is 17.1 Å². The number of carbonyl (C=O) groups is 1. The quantitative estimate of drug-likeness (QED) is 0.726. The van der Waals surface area contributed by atoms with Crippen LogP contribution >= 0.6 is 11.3 Å². The monoisotopic (exact) mass is 327 g/mol. The molecule has 5 heteroatoms. The van der Waals surface area contributed by atoms with Gasteiger partial charge in [0.25, 0.3) is 0 Å². The zero-order chi connectivity index (χ0) is 16.2. The zero-order valence-corrected chi connectivity index (χ0v) is 14.2. The second kappa shape index (κ2) is 6.96. The minimum Gasteiger partial charge on any atom is -0.361 e. The highest BCUT2D eigenvalue weighted by Crippen LogP contribution is 2.19. The smallest absolute Gasteiger partial charge is 0.224 e. The Morgan fingerprint density at radius 1 is 1.35 bits per heavy atom. The minimum atomic E-state index is 0.0501. The molecule has 1 aromatic carbocycles. The van der Waals surface area contributed by atoms with E-state index >= 15 is 0 Å². The van der Waals surface area contributed by atoms with E-state index in [-0.39, 0.29) is 5.91 Å². The van der Waals surface area contributed by atoms with Crippen LogP contribution in [0.1, 0.15) is 36.0 Å². The topological polar surface area (TPSA) is 57.8 Å². The van der Waals surface area contributed by atoms with Crippen molar-refractivity contribution in [2.75, 3.05) is 6.54 Å². The van der Waals surface area contributed by atoms with E-state index in [0.717, 1.165) is 33.6 Å². The van der Waals surface area contributed by atoms with Gasteiger partial charge < -0.3 is 10.3 Å². The number of hydrogen-bond acceptors (Lipinski definition) is 3. The Kier molecular flexibility index (Phi) is 4.76. The van der Waals surface area contributed by atoms with Crippen molar-refractivity contribution in [3.8, 4) is 0 Å². The lowest BCUT2D eigenvalue weighted by Crippen LogP contribution is -2.27. The molecule has 23 heavy (non-hydrogen) atoms. The molecule has 3 aromatic rings. The summed E-state index contributed by atoms with van der Waals surface area (Å²) in [4.78, 5) is 19.9. The van der Waals surface area contributed by atoms with E-state index in [9.17, 15) is 4.79 Å². The van der Waals surface area contributed by atoms with Crippen molar-refractivity contribution in [2.24, 2.45) is 0 Å². The lowest BCUT2D eigenvalue weighted by molar-refractivity contribution is -0.120. The summed E-state index contributed by atoms with van der Waals surface area (Å²) in [5, 5.41) is 7.34. The molecule has 4 nitrogen and oxygen atoms in total. The van der Waals surface area contributed by atoms with Crippen LogP contribution in [-0.2, 0) is 17.6 Å². The number of para-hydroxylation sites is 1. The Balaban J connectivity index is 1.51. The average molecular weight is 327 g/mol. The van der Waals surface area contributed by atoms with Crippen molar-refractivity contribution in [1.82, 2.24) is 15.3 Å². The normalized spacial score (nSPS) is 11.3. The van der Waals surface area contributed by atoms with Crippen LogP contribution in [0.5, 0.6) is 0 Å². The Morgan fingerprint density at radius 2 is 2.17 bits per heavy atom. The van der Waals surface area contributed by atoms with Crippen molar-refractivity contribution in [2.45, 2.75) is 32.6 Å². The fraction of sp³-hybridized carbons (Fsp3) is 0.333. The van der Waals surface area contributed by atoms with Crippen LogP contribution in [0, 0.1) is 0 Å². The highest BCUT2D eigenvalue weighted by molar-refractivity contribution is 7.09. The summed E-state index contributed by atoms with van der Waals surface area (Å²) in [6, 6.07) is 8.04. The fourth-order valence-electron chi connectivity index (χ4n) is 2.55. The maximum absolute atomic E-state index is 12.1. The first-order chi connectivity index (χ1) is 11.1. The van der Waals surface area contributed by atoms with Crippen LogP contribution < -0.4 is 5.32 Å². The number of rotatable bonds is 6. The van der Waals surface area contributed by atoms with Crippen LogP contribution in [0.25, 0.3) is 10.9 Å². The maximum Gasteiger partial charge on any atom is 0.224 e. The number of benzene rings is 1. The molecule has 2 aromatic heterocycles. The van der Waals surface area contributed by atoms with Crippen molar-refractivity contribution >= 4 is 28.1 Å². The first-order valence-corrected chi connectivity index (χ1v) is 8.77. The van der Waals surface area contributed by atoms with Gasteiger partial charge in [-0.3, -0.25) is 4.79 Å². The van der Waals surface area contributed by atoms with Gasteiger partial charge in [-0.25, -0.2) is 4.98 Å². The molecule has 0 spiro atoms. The molecule has 2 heterocycles. The SMILES string of the molecule is CC(C)c1nc(CCNC(=O)Cc2c[nH]c3ccccc23)cs1. The van der Waals surface area contributed by atoms with Crippen molar-refractivity contribution < 1.29 is 4.79 Å². The molecule has 0 unspecified atom stereocenters. The Hall–Kier alpha value is -2.14. The third-order valence-corrected chi connectivity index (χ3v) is 4.99. The average Bonchev–Trinajstić information content (AvgIpc) is 3.15. The number of amides is 1. The van der Waals surface area contributed by atoms with Gasteiger partial charge in [-0.2, -0.15) is 0 Å². The van der Waals surface area contributed by atoms with Gasteiger partial charge in [0.2, 0.25) is 5.91 Å². The van der Waals surface area contributed by atoms with Gasteiger partial charge in [0, 0.05) is 41.4 Å². The van der Waals surface area contributed by atoms with E-state index in [1.807, 2.05) is 30.5 Å². The largest absolute Gasteiger partial charge is 0.361 e. The second-order valence-corrected chi connectivity index (χ2v) is 6.86. The molecule has 0 saturated carbocycles. The molecule has 0 saturated heterocycles. The van der Waals surface area contributed by atoms with E-state index in [4.69, 9.17) is 0 Å². The Bertz CT molecular complexity index is 803. The predicted molar refractivity (Wildman–Crippen MR) is 94.9 cm³/mol. The summed E-state index contributed by atoms with van der Waals surface area (Å²) >= 11 is 1.69. The fourth-order valence-corrected chi connectivity index (χ4v) is 3.42. The summed E-state index contributed by atoms with van der Waals surface area (Å²) in [5.74, 6) is 0.513. The highest BCUT2D eigenvalue weighted by atomic mass is 32.1. The van der Waals surface area contributed by atoms with Gasteiger partial charge in [-0.05, 0) is 11.6 Å². The molecular formula is C18H21N3OS. The molecular weight excluding hydrogens is 306 g/mol. The van der Waals surface area contributed by atoms with Gasteiger partial charge in [0.15, 0.2) is 0 Å². The number of aromatic nitrogens is 2. The molecule has 0 aliphatic heterocycles. The number of nitrogens with one attached hydrogen (secondary N) is 2. The molecule has 120 valence electrons. The molecule has 0 fully saturated rings. The molecule has 0 aliphatic rings. The van der Waals surface area contributed by atoms with E-state index in [1.54, 1.807) is 11.3 Å². The van der Waals surface area contributed by atoms with Crippen molar-refractivity contribution in [1.29, 1.82) is 0 Å². The number of fused-ring (bicyclic) bond motifs is 1. The summed E-state index contributed by atoms with van der Waals surface area (Å²) in [6.07, 6.45) is 3.10. The molecule has 2 N–H and O–H groups in total. The lowest BCUT2D eigenvalue weighted by atomic mass is 10.1. The van der Waals surface area contributed by atoms with E-state index in [1.165, 1.54) is 0 Å². The van der Waals surface area contributed by atoms with Crippen LogP contribution in [0.3, 0.4) is 0 Å². The van der Waals surface area contributed by atoms with E-state index < -0.39 is 0 Å². The molecule has 3 rings (SSSR count). The predicted octanol–water partition coefficient (Wildman–Crippen LogP) is 3.65. The van der Waals surface area contributed by atoms with Gasteiger partial charge in [-0.1, -0.05) is 32.0 Å². The lowest BCUT2D eigenvalue weighted by Gasteiger charge is -2.04.